The molecule has 3 atom stereocenters. The second-order valence-electron chi connectivity index (χ2n) is 17.5. The highest BCUT2D eigenvalue weighted by Gasteiger charge is 2.27. The maximum absolute atomic E-state index is 12.9. The van der Waals surface area contributed by atoms with Crippen LogP contribution in [0.25, 0.3) is 0 Å². The molecule has 0 aromatic heterocycles. The van der Waals surface area contributed by atoms with Gasteiger partial charge in [0.1, 0.15) is 13.2 Å². The van der Waals surface area contributed by atoms with Gasteiger partial charge in [0, 0.05) is 6.42 Å². The summed E-state index contributed by atoms with van der Waals surface area (Å²) >= 11 is 0. The molecule has 0 aliphatic rings. The van der Waals surface area contributed by atoms with Gasteiger partial charge in [-0.1, -0.05) is 195 Å². The lowest BCUT2D eigenvalue weighted by atomic mass is 10.0. The van der Waals surface area contributed by atoms with Gasteiger partial charge in [0.2, 0.25) is 5.91 Å². The summed E-state index contributed by atoms with van der Waals surface area (Å²) in [5, 5.41) is 13.8. The highest BCUT2D eigenvalue weighted by molar-refractivity contribution is 7.47. The predicted molar refractivity (Wildman–Crippen MR) is 267 cm³/mol. The van der Waals surface area contributed by atoms with Gasteiger partial charge in [-0.3, -0.25) is 13.8 Å². The SMILES string of the molecule is CC/C=C\C/C=C\C/C=C\C/C=C\C/C=C\C/C=C\C/C=C\CCCCCC(=O)NC(COP(=O)(O)OCC[N+](C)(C)C)C(O)/C=C/CCCCCCCCCCCCCCC. The van der Waals surface area contributed by atoms with E-state index in [2.05, 4.69) is 104 Å². The van der Waals surface area contributed by atoms with E-state index in [1.54, 1.807) is 6.08 Å². The smallest absolute Gasteiger partial charge is 0.387 e. The molecule has 8 nitrogen and oxygen atoms in total. The maximum atomic E-state index is 12.9. The molecule has 0 heterocycles. The Kier molecular flexibility index (Phi) is 41.8. The molecular weight excluding hydrogens is 792 g/mol. The molecule has 0 aliphatic carbocycles. The number of phosphoric ester groups is 1. The highest BCUT2D eigenvalue weighted by Crippen LogP contribution is 2.43. The second-order valence-corrected chi connectivity index (χ2v) is 18.9. The van der Waals surface area contributed by atoms with E-state index in [1.165, 1.54) is 70.6 Å². The van der Waals surface area contributed by atoms with Crippen molar-refractivity contribution in [2.45, 2.75) is 193 Å². The summed E-state index contributed by atoms with van der Waals surface area (Å²) in [5.41, 5.74) is 0. The quantitative estimate of drug-likeness (QED) is 0.0244. The number of hydrogen-bond acceptors (Lipinski definition) is 5. The molecule has 0 rings (SSSR count). The molecule has 0 spiro atoms. The van der Waals surface area contributed by atoms with Crippen molar-refractivity contribution in [1.82, 2.24) is 5.32 Å². The lowest BCUT2D eigenvalue weighted by Crippen LogP contribution is -2.45. The van der Waals surface area contributed by atoms with Crippen LogP contribution < -0.4 is 5.32 Å². The van der Waals surface area contributed by atoms with Crippen LogP contribution in [-0.2, 0) is 18.4 Å². The minimum atomic E-state index is -4.36. The summed E-state index contributed by atoms with van der Waals surface area (Å²) in [7, 11) is 1.53. The normalized spacial score (nSPS) is 15.0. The van der Waals surface area contributed by atoms with Crippen molar-refractivity contribution >= 4 is 13.7 Å². The zero-order valence-corrected chi connectivity index (χ0v) is 41.2. The van der Waals surface area contributed by atoms with E-state index in [1.807, 2.05) is 27.2 Å². The fourth-order valence-corrected chi connectivity index (χ4v) is 7.17. The Morgan fingerprint density at radius 2 is 0.968 bits per heavy atom. The number of nitrogens with zero attached hydrogens (tertiary/aromatic N) is 1. The number of allylic oxidation sites excluding steroid dienone is 15. The molecule has 1 amide bonds. The van der Waals surface area contributed by atoms with Crippen molar-refractivity contribution in [2.24, 2.45) is 0 Å². The van der Waals surface area contributed by atoms with Gasteiger partial charge in [0.25, 0.3) is 0 Å². The number of unbranched alkanes of at least 4 members (excludes halogenated alkanes) is 16. The molecule has 0 saturated heterocycles. The molecular formula is C53H94N2O6P+. The molecule has 0 aromatic carbocycles. The van der Waals surface area contributed by atoms with Gasteiger partial charge in [-0.05, 0) is 77.0 Å². The molecule has 0 radical (unpaired) electrons. The third kappa shape index (κ3) is 45.4. The fourth-order valence-electron chi connectivity index (χ4n) is 6.43. The molecule has 356 valence electrons. The topological polar surface area (TPSA) is 105 Å². The molecule has 3 unspecified atom stereocenters. The van der Waals surface area contributed by atoms with Gasteiger partial charge in [-0.15, -0.1) is 0 Å². The first-order chi connectivity index (χ1) is 30.0. The molecule has 0 saturated carbocycles. The lowest BCUT2D eigenvalue weighted by molar-refractivity contribution is -0.870. The summed E-state index contributed by atoms with van der Waals surface area (Å²) < 4.78 is 23.6. The number of quaternary nitrogens is 1. The average molecular weight is 886 g/mol. The van der Waals surface area contributed by atoms with Crippen molar-refractivity contribution in [3.63, 3.8) is 0 Å². The van der Waals surface area contributed by atoms with Gasteiger partial charge >= 0.3 is 7.82 Å². The molecule has 3 N–H and O–H groups in total. The third-order valence-electron chi connectivity index (χ3n) is 10.3. The van der Waals surface area contributed by atoms with Crippen LogP contribution in [0.5, 0.6) is 0 Å². The summed E-state index contributed by atoms with van der Waals surface area (Å²) in [6.07, 6.45) is 61.9. The zero-order chi connectivity index (χ0) is 45.7. The van der Waals surface area contributed by atoms with E-state index < -0.39 is 20.0 Å². The van der Waals surface area contributed by atoms with Crippen LogP contribution >= 0.6 is 7.82 Å². The molecule has 9 heteroatoms. The highest BCUT2D eigenvalue weighted by atomic mass is 31.2. The van der Waals surface area contributed by atoms with E-state index in [9.17, 15) is 19.4 Å². The van der Waals surface area contributed by atoms with Crippen LogP contribution in [0.15, 0.2) is 97.2 Å². The maximum Gasteiger partial charge on any atom is 0.472 e. The molecule has 0 aliphatic heterocycles. The number of hydrogen-bond donors (Lipinski definition) is 3. The largest absolute Gasteiger partial charge is 0.472 e. The first kappa shape index (κ1) is 59.4. The van der Waals surface area contributed by atoms with Crippen molar-refractivity contribution in [3.05, 3.63) is 97.2 Å². The Morgan fingerprint density at radius 3 is 1.42 bits per heavy atom. The average Bonchev–Trinajstić information content (AvgIpc) is 3.23. The van der Waals surface area contributed by atoms with Gasteiger partial charge < -0.3 is 19.8 Å². The molecule has 0 bridgehead atoms. The monoisotopic (exact) mass is 886 g/mol. The summed E-state index contributed by atoms with van der Waals surface area (Å²) in [6, 6.07) is -0.871. The number of aliphatic hydroxyl groups excluding tert-OH is 1. The van der Waals surface area contributed by atoms with Gasteiger partial charge in [-0.25, -0.2) is 4.57 Å². The van der Waals surface area contributed by atoms with Crippen LogP contribution in [0.3, 0.4) is 0 Å². The number of carbonyl (C=O) groups is 1. The second kappa shape index (κ2) is 43.7. The van der Waals surface area contributed by atoms with E-state index in [0.717, 1.165) is 89.9 Å². The number of phosphoric acid groups is 1. The number of nitrogens with one attached hydrogen (secondary N) is 1. The minimum Gasteiger partial charge on any atom is -0.387 e. The first-order valence-electron chi connectivity index (χ1n) is 24.6. The number of likely N-dealkylation sites (N-methyl/N-ethyl adjacent to an activating group) is 1. The Hall–Kier alpha value is -2.58. The van der Waals surface area contributed by atoms with Crippen LogP contribution in [0.1, 0.15) is 181 Å². The predicted octanol–water partition coefficient (Wildman–Crippen LogP) is 14.3. The molecule has 0 fully saturated rings. The summed E-state index contributed by atoms with van der Waals surface area (Å²) in [5.74, 6) is -0.213. The zero-order valence-electron chi connectivity index (χ0n) is 40.3. The van der Waals surface area contributed by atoms with E-state index >= 15 is 0 Å². The van der Waals surface area contributed by atoms with Gasteiger partial charge in [0.05, 0.1) is 39.9 Å². The van der Waals surface area contributed by atoms with Crippen molar-refractivity contribution in [2.75, 3.05) is 40.9 Å². The van der Waals surface area contributed by atoms with Crippen molar-refractivity contribution < 1.29 is 32.9 Å². The Labute approximate surface area is 381 Å². The van der Waals surface area contributed by atoms with Crippen LogP contribution in [0, 0.1) is 0 Å². The number of carbonyl (C=O) groups excluding carboxylic acids is 1. The molecule has 0 aromatic rings. The van der Waals surface area contributed by atoms with Crippen LogP contribution in [0.4, 0.5) is 0 Å². The third-order valence-corrected chi connectivity index (χ3v) is 11.3. The standard InChI is InChI=1S/C53H93N2O6P/c1-6-8-10-12-14-16-18-20-22-23-24-25-26-27-28-29-30-31-33-35-37-39-41-43-45-47-53(57)54-51(50-61-62(58,59)60-49-48-55(3,4)5)52(56)46-44-42-40-38-36-34-32-21-19-17-15-13-11-9-7-2/h8,10,14,16,20,22,24-25,27-28,30-31,35,37,44,46,51-52,56H,6-7,9,11-13,15,17-19,21,23,26,29,32-34,36,38-43,45,47-50H2,1-5H3,(H-,54,57,58,59)/p+1/b10-8-,16-14-,22-20-,25-24-,28-27-,31-30-,37-35-,46-44+. The fraction of sp³-hybridized carbons (Fsp3) is 0.679. The van der Waals surface area contributed by atoms with E-state index in [-0.39, 0.29) is 19.1 Å². The van der Waals surface area contributed by atoms with Crippen LogP contribution in [0.2, 0.25) is 0 Å². The lowest BCUT2D eigenvalue weighted by Gasteiger charge is -2.25. The minimum absolute atomic E-state index is 0.0492. The summed E-state index contributed by atoms with van der Waals surface area (Å²) in [6.45, 7) is 4.65. The summed E-state index contributed by atoms with van der Waals surface area (Å²) in [4.78, 5) is 23.2. The Balaban J connectivity index is 4.43. The van der Waals surface area contributed by atoms with Gasteiger partial charge in [-0.2, -0.15) is 0 Å². The van der Waals surface area contributed by atoms with Crippen molar-refractivity contribution in [1.29, 1.82) is 0 Å². The molecule has 62 heavy (non-hydrogen) atoms. The van der Waals surface area contributed by atoms with Crippen molar-refractivity contribution in [3.8, 4) is 0 Å². The van der Waals surface area contributed by atoms with Crippen LogP contribution in [-0.4, -0.2) is 73.4 Å². The number of amides is 1. The Morgan fingerprint density at radius 1 is 0.565 bits per heavy atom. The van der Waals surface area contributed by atoms with Gasteiger partial charge in [0.15, 0.2) is 0 Å². The van der Waals surface area contributed by atoms with E-state index in [4.69, 9.17) is 9.05 Å². The Bertz CT molecular complexity index is 1330. The first-order valence-corrected chi connectivity index (χ1v) is 26.1. The number of aliphatic hydroxyl groups is 1. The van der Waals surface area contributed by atoms with E-state index in [0.29, 0.717) is 17.4 Å². The number of rotatable bonds is 43.